The van der Waals surface area contributed by atoms with Gasteiger partial charge in [0.05, 0.1) is 6.61 Å². The van der Waals surface area contributed by atoms with Crippen LogP contribution in [0.2, 0.25) is 0 Å². The largest absolute Gasteiger partial charge is 0.395 e. The highest BCUT2D eigenvalue weighted by Crippen LogP contribution is 2.28. The Morgan fingerprint density at radius 2 is 2.12 bits per heavy atom. The van der Waals surface area contributed by atoms with Crippen LogP contribution in [-0.2, 0) is 4.79 Å². The summed E-state index contributed by atoms with van der Waals surface area (Å²) < 4.78 is 0. The summed E-state index contributed by atoms with van der Waals surface area (Å²) in [6.45, 7) is 5.41. The van der Waals surface area contributed by atoms with Gasteiger partial charge in [0.25, 0.3) is 0 Å². The Morgan fingerprint density at radius 1 is 1.47 bits per heavy atom. The van der Waals surface area contributed by atoms with Crippen molar-refractivity contribution in [3.8, 4) is 0 Å². The van der Waals surface area contributed by atoms with E-state index < -0.39 is 0 Å². The number of aliphatic hydroxyl groups is 1. The molecule has 0 aromatic rings. The Hall–Kier alpha value is -0.610. The molecule has 1 rings (SSSR count). The summed E-state index contributed by atoms with van der Waals surface area (Å²) in [4.78, 5) is 14.0. The zero-order valence-corrected chi connectivity index (χ0v) is 11.1. The second-order valence-corrected chi connectivity index (χ2v) is 5.48. The highest BCUT2D eigenvalue weighted by molar-refractivity contribution is 5.77. The zero-order valence-electron chi connectivity index (χ0n) is 11.1. The molecule has 1 fully saturated rings. The third kappa shape index (κ3) is 5.04. The van der Waals surface area contributed by atoms with Gasteiger partial charge in [-0.2, -0.15) is 0 Å². The van der Waals surface area contributed by atoms with E-state index in [4.69, 9.17) is 10.8 Å². The van der Waals surface area contributed by atoms with Crippen LogP contribution in [-0.4, -0.2) is 41.7 Å². The van der Waals surface area contributed by atoms with Crippen molar-refractivity contribution in [1.82, 2.24) is 4.90 Å². The lowest BCUT2D eigenvalue weighted by Gasteiger charge is -2.24. The number of hydrogen-bond acceptors (Lipinski definition) is 3. The number of carbonyl (C=O) groups is 1. The summed E-state index contributed by atoms with van der Waals surface area (Å²) in [5.74, 6) is 1.02. The maximum atomic E-state index is 12.1. The van der Waals surface area contributed by atoms with E-state index in [2.05, 4.69) is 13.8 Å². The predicted molar refractivity (Wildman–Crippen MR) is 68.4 cm³/mol. The van der Waals surface area contributed by atoms with Crippen LogP contribution in [0.25, 0.3) is 0 Å². The molecule has 1 unspecified atom stereocenters. The molecule has 100 valence electrons. The average molecular weight is 242 g/mol. The lowest BCUT2D eigenvalue weighted by molar-refractivity contribution is -0.133. The van der Waals surface area contributed by atoms with Gasteiger partial charge >= 0.3 is 0 Å². The lowest BCUT2D eigenvalue weighted by Crippen LogP contribution is -2.37. The Balaban J connectivity index is 2.43. The molecule has 1 aliphatic carbocycles. The SMILES string of the molecule is CC(C)CC(CN)CC(=O)N(CCO)C1CC1. The molecule has 0 radical (unpaired) electrons. The maximum absolute atomic E-state index is 12.1. The van der Waals surface area contributed by atoms with Gasteiger partial charge in [0.15, 0.2) is 0 Å². The van der Waals surface area contributed by atoms with Crippen molar-refractivity contribution in [3.05, 3.63) is 0 Å². The first-order valence-electron chi connectivity index (χ1n) is 6.68. The first kappa shape index (κ1) is 14.5. The molecule has 0 aliphatic heterocycles. The van der Waals surface area contributed by atoms with Crippen molar-refractivity contribution < 1.29 is 9.90 Å². The topological polar surface area (TPSA) is 66.6 Å². The van der Waals surface area contributed by atoms with Crippen LogP contribution in [0.15, 0.2) is 0 Å². The van der Waals surface area contributed by atoms with E-state index in [1.54, 1.807) is 0 Å². The summed E-state index contributed by atoms with van der Waals surface area (Å²) in [5, 5.41) is 8.98. The van der Waals surface area contributed by atoms with Gasteiger partial charge in [0.1, 0.15) is 0 Å². The Labute approximate surface area is 104 Å². The van der Waals surface area contributed by atoms with E-state index in [0.717, 1.165) is 19.3 Å². The Morgan fingerprint density at radius 3 is 2.53 bits per heavy atom. The number of rotatable bonds is 8. The molecule has 1 saturated carbocycles. The van der Waals surface area contributed by atoms with E-state index in [1.165, 1.54) is 0 Å². The first-order chi connectivity index (χ1) is 8.08. The maximum Gasteiger partial charge on any atom is 0.223 e. The number of aliphatic hydroxyl groups excluding tert-OH is 1. The monoisotopic (exact) mass is 242 g/mol. The summed E-state index contributed by atoms with van der Waals surface area (Å²) in [6, 6.07) is 0.382. The summed E-state index contributed by atoms with van der Waals surface area (Å²) in [5.41, 5.74) is 5.72. The lowest BCUT2D eigenvalue weighted by atomic mass is 9.94. The van der Waals surface area contributed by atoms with Crippen LogP contribution >= 0.6 is 0 Å². The fourth-order valence-corrected chi connectivity index (χ4v) is 2.30. The van der Waals surface area contributed by atoms with Crippen molar-refractivity contribution >= 4 is 5.91 Å². The number of nitrogens with zero attached hydrogens (tertiary/aromatic N) is 1. The highest BCUT2D eigenvalue weighted by atomic mass is 16.3. The minimum absolute atomic E-state index is 0.0553. The summed E-state index contributed by atoms with van der Waals surface area (Å²) in [7, 11) is 0. The fraction of sp³-hybridized carbons (Fsp3) is 0.923. The van der Waals surface area contributed by atoms with Crippen molar-refractivity contribution in [2.75, 3.05) is 19.7 Å². The van der Waals surface area contributed by atoms with Crippen molar-refractivity contribution in [2.24, 2.45) is 17.6 Å². The molecule has 1 atom stereocenters. The molecular weight excluding hydrogens is 216 g/mol. The van der Waals surface area contributed by atoms with Crippen LogP contribution in [0.3, 0.4) is 0 Å². The molecule has 1 aliphatic rings. The van der Waals surface area contributed by atoms with Gasteiger partial charge in [-0.25, -0.2) is 0 Å². The van der Waals surface area contributed by atoms with Crippen molar-refractivity contribution in [1.29, 1.82) is 0 Å². The molecule has 4 nitrogen and oxygen atoms in total. The van der Waals surface area contributed by atoms with E-state index in [1.807, 2.05) is 4.90 Å². The second-order valence-electron chi connectivity index (χ2n) is 5.48. The van der Waals surface area contributed by atoms with E-state index in [9.17, 15) is 4.79 Å². The smallest absolute Gasteiger partial charge is 0.223 e. The number of hydrogen-bond donors (Lipinski definition) is 2. The van der Waals surface area contributed by atoms with E-state index in [0.29, 0.717) is 31.5 Å². The number of carbonyl (C=O) groups excluding carboxylic acids is 1. The van der Waals surface area contributed by atoms with Gasteiger partial charge < -0.3 is 15.7 Å². The average Bonchev–Trinajstić information content (AvgIpc) is 3.07. The second kappa shape index (κ2) is 6.97. The molecule has 0 aromatic heterocycles. The molecule has 0 bridgehead atoms. The van der Waals surface area contributed by atoms with Gasteiger partial charge in [-0.05, 0) is 37.6 Å². The van der Waals surface area contributed by atoms with Crippen molar-refractivity contribution in [2.45, 2.75) is 45.6 Å². The molecule has 1 amide bonds. The molecule has 17 heavy (non-hydrogen) atoms. The number of nitrogens with two attached hydrogens (primary N) is 1. The molecule has 0 heterocycles. The van der Waals surface area contributed by atoms with Crippen LogP contribution in [0, 0.1) is 11.8 Å². The molecule has 3 N–H and O–H groups in total. The van der Waals surface area contributed by atoms with Gasteiger partial charge in [0, 0.05) is 19.0 Å². The molecule has 0 saturated heterocycles. The van der Waals surface area contributed by atoms with Gasteiger partial charge in [-0.1, -0.05) is 13.8 Å². The van der Waals surface area contributed by atoms with Crippen LogP contribution < -0.4 is 5.73 Å². The summed E-state index contributed by atoms with van der Waals surface area (Å²) in [6.07, 6.45) is 3.71. The van der Waals surface area contributed by atoms with Gasteiger partial charge in [-0.3, -0.25) is 4.79 Å². The Kier molecular flexibility index (Phi) is 5.92. The quantitative estimate of drug-likeness (QED) is 0.667. The third-order valence-corrected chi connectivity index (χ3v) is 3.25. The fourth-order valence-electron chi connectivity index (χ4n) is 2.30. The number of amides is 1. The zero-order chi connectivity index (χ0) is 12.8. The molecule has 4 heteroatoms. The standard InChI is InChI=1S/C13H26N2O2/c1-10(2)7-11(9-14)8-13(17)15(5-6-16)12-3-4-12/h10-12,16H,3-9,14H2,1-2H3. The van der Waals surface area contributed by atoms with E-state index in [-0.39, 0.29) is 18.4 Å². The van der Waals surface area contributed by atoms with Gasteiger partial charge in [-0.15, -0.1) is 0 Å². The van der Waals surface area contributed by atoms with E-state index >= 15 is 0 Å². The minimum Gasteiger partial charge on any atom is -0.395 e. The molecule has 0 aromatic carbocycles. The van der Waals surface area contributed by atoms with Crippen molar-refractivity contribution in [3.63, 3.8) is 0 Å². The van der Waals surface area contributed by atoms with Crippen LogP contribution in [0.1, 0.15) is 39.5 Å². The highest BCUT2D eigenvalue weighted by Gasteiger charge is 2.32. The molecule has 0 spiro atoms. The van der Waals surface area contributed by atoms with Crippen LogP contribution in [0.4, 0.5) is 0 Å². The summed E-state index contributed by atoms with van der Waals surface area (Å²) >= 11 is 0. The molecular formula is C13H26N2O2. The first-order valence-corrected chi connectivity index (χ1v) is 6.68. The predicted octanol–water partition coefficient (Wildman–Crippen LogP) is 0.981. The Bertz CT molecular complexity index is 240. The third-order valence-electron chi connectivity index (χ3n) is 3.25. The van der Waals surface area contributed by atoms with Gasteiger partial charge in [0.2, 0.25) is 5.91 Å². The normalized spacial score (nSPS) is 17.2. The van der Waals surface area contributed by atoms with Crippen LogP contribution in [0.5, 0.6) is 0 Å². The minimum atomic E-state index is 0.0553.